The molecule has 15 heavy (non-hydrogen) atoms. The smallest absolute Gasteiger partial charge is 0.0400 e. The standard InChI is InChI=1S/C13H18N2/c14-12(10-5-6-10)9-15-8-7-11-3-1-2-4-13(11)15/h1-4,10,12H,5-9,14H2. The number of anilines is 1. The van der Waals surface area contributed by atoms with E-state index in [-0.39, 0.29) is 0 Å². The molecule has 0 aromatic heterocycles. The van der Waals surface area contributed by atoms with Crippen molar-refractivity contribution >= 4 is 5.69 Å². The zero-order chi connectivity index (χ0) is 10.3. The molecule has 1 saturated carbocycles. The highest BCUT2D eigenvalue weighted by molar-refractivity contribution is 5.57. The van der Waals surface area contributed by atoms with Gasteiger partial charge in [-0.15, -0.1) is 0 Å². The van der Waals surface area contributed by atoms with Crippen LogP contribution in [0.4, 0.5) is 5.69 Å². The quantitative estimate of drug-likeness (QED) is 0.809. The van der Waals surface area contributed by atoms with Crippen molar-refractivity contribution in [3.63, 3.8) is 0 Å². The molecule has 0 bridgehead atoms. The van der Waals surface area contributed by atoms with Crippen molar-refractivity contribution in [1.82, 2.24) is 0 Å². The summed E-state index contributed by atoms with van der Waals surface area (Å²) in [4.78, 5) is 2.46. The largest absolute Gasteiger partial charge is 0.369 e. The van der Waals surface area contributed by atoms with E-state index in [0.717, 1.165) is 19.0 Å². The number of fused-ring (bicyclic) bond motifs is 1. The van der Waals surface area contributed by atoms with Gasteiger partial charge < -0.3 is 10.6 Å². The number of hydrogen-bond donors (Lipinski definition) is 1. The fourth-order valence-corrected chi connectivity index (χ4v) is 2.52. The van der Waals surface area contributed by atoms with Gasteiger partial charge in [-0.2, -0.15) is 0 Å². The van der Waals surface area contributed by atoms with E-state index in [1.165, 1.54) is 30.5 Å². The van der Waals surface area contributed by atoms with Crippen LogP contribution in [0.5, 0.6) is 0 Å². The minimum Gasteiger partial charge on any atom is -0.369 e. The molecule has 1 aromatic carbocycles. The third-order valence-electron chi connectivity index (χ3n) is 3.64. The molecule has 1 aromatic rings. The number of rotatable bonds is 3. The topological polar surface area (TPSA) is 29.3 Å². The summed E-state index contributed by atoms with van der Waals surface area (Å²) in [6, 6.07) is 9.10. The second kappa shape index (κ2) is 3.53. The lowest BCUT2D eigenvalue weighted by molar-refractivity contribution is 0.579. The molecular formula is C13H18N2. The molecule has 0 spiro atoms. The summed E-state index contributed by atoms with van der Waals surface area (Å²) in [5, 5.41) is 0. The van der Waals surface area contributed by atoms with Crippen molar-refractivity contribution in [1.29, 1.82) is 0 Å². The zero-order valence-corrected chi connectivity index (χ0v) is 9.02. The monoisotopic (exact) mass is 202 g/mol. The van der Waals surface area contributed by atoms with Crippen LogP contribution in [0.15, 0.2) is 24.3 Å². The summed E-state index contributed by atoms with van der Waals surface area (Å²) >= 11 is 0. The summed E-state index contributed by atoms with van der Waals surface area (Å²) in [7, 11) is 0. The van der Waals surface area contributed by atoms with Crippen molar-refractivity contribution in [2.24, 2.45) is 11.7 Å². The Kier molecular flexibility index (Phi) is 2.17. The van der Waals surface area contributed by atoms with Crippen molar-refractivity contribution in [3.8, 4) is 0 Å². The van der Waals surface area contributed by atoms with Crippen LogP contribution >= 0.6 is 0 Å². The Hall–Kier alpha value is -1.02. The minimum atomic E-state index is 0.385. The van der Waals surface area contributed by atoms with E-state index in [4.69, 9.17) is 5.73 Å². The number of benzene rings is 1. The average molecular weight is 202 g/mol. The summed E-state index contributed by atoms with van der Waals surface area (Å²) in [5.74, 6) is 0.803. The fourth-order valence-electron chi connectivity index (χ4n) is 2.52. The van der Waals surface area contributed by atoms with Crippen LogP contribution in [-0.4, -0.2) is 19.1 Å². The first-order chi connectivity index (χ1) is 7.34. The van der Waals surface area contributed by atoms with Gasteiger partial charge in [-0.1, -0.05) is 18.2 Å². The molecule has 1 heterocycles. The van der Waals surface area contributed by atoms with Crippen LogP contribution in [0.1, 0.15) is 18.4 Å². The molecule has 2 N–H and O–H groups in total. The van der Waals surface area contributed by atoms with Crippen molar-refractivity contribution < 1.29 is 0 Å². The Morgan fingerprint density at radius 1 is 1.33 bits per heavy atom. The molecule has 2 heteroatoms. The van der Waals surface area contributed by atoms with E-state index in [2.05, 4.69) is 29.2 Å². The number of nitrogens with zero attached hydrogens (tertiary/aromatic N) is 1. The Morgan fingerprint density at radius 3 is 2.93 bits per heavy atom. The van der Waals surface area contributed by atoms with Crippen LogP contribution < -0.4 is 10.6 Å². The first-order valence-corrected chi connectivity index (χ1v) is 5.93. The maximum absolute atomic E-state index is 6.17. The van der Waals surface area contributed by atoms with Gasteiger partial charge in [-0.05, 0) is 36.8 Å². The Labute approximate surface area is 91.1 Å². The first-order valence-electron chi connectivity index (χ1n) is 5.93. The molecule has 1 aliphatic heterocycles. The maximum atomic E-state index is 6.17. The van der Waals surface area contributed by atoms with Crippen molar-refractivity contribution in [2.45, 2.75) is 25.3 Å². The predicted octanol–water partition coefficient (Wildman–Crippen LogP) is 1.79. The Balaban J connectivity index is 1.73. The Morgan fingerprint density at radius 2 is 2.13 bits per heavy atom. The number of para-hydroxylation sites is 1. The molecule has 1 fully saturated rings. The first kappa shape index (κ1) is 9.22. The van der Waals surface area contributed by atoms with Crippen LogP contribution in [0.25, 0.3) is 0 Å². The lowest BCUT2D eigenvalue weighted by Crippen LogP contribution is -2.38. The fraction of sp³-hybridized carbons (Fsp3) is 0.538. The molecular weight excluding hydrogens is 184 g/mol. The highest BCUT2D eigenvalue weighted by Crippen LogP contribution is 2.34. The second-order valence-corrected chi connectivity index (χ2v) is 4.83. The lowest BCUT2D eigenvalue weighted by atomic mass is 10.1. The van der Waals surface area contributed by atoms with Gasteiger partial charge in [0.15, 0.2) is 0 Å². The molecule has 1 unspecified atom stereocenters. The molecule has 0 radical (unpaired) electrons. The third kappa shape index (κ3) is 1.74. The molecule has 1 atom stereocenters. The molecule has 1 aliphatic carbocycles. The van der Waals surface area contributed by atoms with Gasteiger partial charge in [-0.3, -0.25) is 0 Å². The van der Waals surface area contributed by atoms with E-state index < -0.39 is 0 Å². The molecule has 2 aliphatic rings. The lowest BCUT2D eigenvalue weighted by Gasteiger charge is -2.23. The van der Waals surface area contributed by atoms with Gasteiger partial charge in [0.1, 0.15) is 0 Å². The average Bonchev–Trinajstić information content (AvgIpc) is 3.03. The van der Waals surface area contributed by atoms with E-state index in [1.807, 2.05) is 0 Å². The van der Waals surface area contributed by atoms with Gasteiger partial charge in [-0.25, -0.2) is 0 Å². The van der Waals surface area contributed by atoms with Crippen LogP contribution in [0.3, 0.4) is 0 Å². The normalized spacial score (nSPS) is 21.5. The molecule has 0 saturated heterocycles. The summed E-state index contributed by atoms with van der Waals surface area (Å²) in [5.41, 5.74) is 9.07. The van der Waals surface area contributed by atoms with E-state index in [1.54, 1.807) is 0 Å². The summed E-state index contributed by atoms with van der Waals surface area (Å²) < 4.78 is 0. The van der Waals surface area contributed by atoms with Gasteiger partial charge in [0.25, 0.3) is 0 Å². The van der Waals surface area contributed by atoms with E-state index >= 15 is 0 Å². The highest BCUT2D eigenvalue weighted by atomic mass is 15.2. The second-order valence-electron chi connectivity index (χ2n) is 4.83. The zero-order valence-electron chi connectivity index (χ0n) is 9.02. The van der Waals surface area contributed by atoms with E-state index in [0.29, 0.717) is 6.04 Å². The summed E-state index contributed by atoms with van der Waals surface area (Å²) in [6.07, 6.45) is 3.88. The highest BCUT2D eigenvalue weighted by Gasteiger charge is 2.31. The summed E-state index contributed by atoms with van der Waals surface area (Å²) in [6.45, 7) is 2.20. The van der Waals surface area contributed by atoms with Crippen LogP contribution in [0, 0.1) is 5.92 Å². The predicted molar refractivity (Wildman–Crippen MR) is 63.1 cm³/mol. The number of hydrogen-bond acceptors (Lipinski definition) is 2. The molecule has 0 amide bonds. The van der Waals surface area contributed by atoms with Gasteiger partial charge in [0.05, 0.1) is 0 Å². The van der Waals surface area contributed by atoms with Gasteiger partial charge in [0, 0.05) is 24.8 Å². The van der Waals surface area contributed by atoms with Gasteiger partial charge in [0.2, 0.25) is 0 Å². The number of nitrogens with two attached hydrogens (primary N) is 1. The Bertz CT molecular complexity index is 357. The van der Waals surface area contributed by atoms with Crippen molar-refractivity contribution in [2.75, 3.05) is 18.0 Å². The van der Waals surface area contributed by atoms with E-state index in [9.17, 15) is 0 Å². The molecule has 2 nitrogen and oxygen atoms in total. The minimum absolute atomic E-state index is 0.385. The maximum Gasteiger partial charge on any atom is 0.0400 e. The van der Waals surface area contributed by atoms with Crippen LogP contribution in [0.2, 0.25) is 0 Å². The van der Waals surface area contributed by atoms with Crippen LogP contribution in [-0.2, 0) is 6.42 Å². The molecule has 3 rings (SSSR count). The molecule has 80 valence electrons. The van der Waals surface area contributed by atoms with Crippen molar-refractivity contribution in [3.05, 3.63) is 29.8 Å². The third-order valence-corrected chi connectivity index (χ3v) is 3.64. The SMILES string of the molecule is NC(CN1CCc2ccccc21)C1CC1. The van der Waals surface area contributed by atoms with Gasteiger partial charge >= 0.3 is 0 Å².